The lowest BCUT2D eigenvalue weighted by atomic mass is 9.93. The highest BCUT2D eigenvalue weighted by Crippen LogP contribution is 2.45. The molecule has 1 amide bonds. The number of hydrogen-bond donors (Lipinski definition) is 2. The van der Waals surface area contributed by atoms with Crippen LogP contribution in [-0.4, -0.2) is 28.5 Å². The van der Waals surface area contributed by atoms with Crippen molar-refractivity contribution < 1.29 is 24.5 Å². The van der Waals surface area contributed by atoms with E-state index in [1.165, 1.54) is 11.0 Å². The largest absolute Gasteiger partial charge is 0.507 e. The van der Waals surface area contributed by atoms with E-state index < -0.39 is 17.7 Å². The van der Waals surface area contributed by atoms with Gasteiger partial charge in [0.15, 0.2) is 0 Å². The highest BCUT2D eigenvalue weighted by molar-refractivity contribution is 6.52. The number of aryl methyl sites for hydroxylation is 3. The molecule has 1 atom stereocenters. The van der Waals surface area contributed by atoms with Crippen LogP contribution in [0.5, 0.6) is 11.5 Å². The number of rotatable bonds is 3. The van der Waals surface area contributed by atoms with E-state index in [9.17, 15) is 19.8 Å². The summed E-state index contributed by atoms with van der Waals surface area (Å²) in [6, 6.07) is 16.8. The van der Waals surface area contributed by atoms with E-state index in [1.807, 2.05) is 44.2 Å². The minimum Gasteiger partial charge on any atom is -0.507 e. The zero-order valence-electron chi connectivity index (χ0n) is 19.0. The molecule has 1 fully saturated rings. The summed E-state index contributed by atoms with van der Waals surface area (Å²) in [4.78, 5) is 27.9. The molecule has 1 unspecified atom stereocenters. The number of carbonyl (C=O) groups excluding carboxylic acids is 2. The first-order valence-electron chi connectivity index (χ1n) is 11.3. The molecule has 0 spiro atoms. The van der Waals surface area contributed by atoms with E-state index >= 15 is 0 Å². The topological polar surface area (TPSA) is 87.1 Å². The van der Waals surface area contributed by atoms with Gasteiger partial charge in [0, 0.05) is 5.56 Å². The van der Waals surface area contributed by atoms with Crippen molar-refractivity contribution in [2.45, 2.75) is 32.7 Å². The summed E-state index contributed by atoms with van der Waals surface area (Å²) in [6.45, 7) is 4.41. The van der Waals surface area contributed by atoms with Crippen molar-refractivity contribution in [2.24, 2.45) is 0 Å². The lowest BCUT2D eigenvalue weighted by Crippen LogP contribution is -2.29. The quantitative estimate of drug-likeness (QED) is 0.331. The Bertz CT molecular complexity index is 1360. The molecular formula is C28H25NO5. The smallest absolute Gasteiger partial charge is 0.300 e. The number of hydrogen-bond acceptors (Lipinski definition) is 5. The van der Waals surface area contributed by atoms with Crippen LogP contribution in [0.2, 0.25) is 0 Å². The minimum absolute atomic E-state index is 0.00631. The van der Waals surface area contributed by atoms with Crippen LogP contribution < -0.4 is 9.64 Å². The van der Waals surface area contributed by atoms with Crippen LogP contribution in [-0.2, 0) is 16.0 Å². The Morgan fingerprint density at radius 3 is 2.59 bits per heavy atom. The van der Waals surface area contributed by atoms with Crippen LogP contribution >= 0.6 is 0 Å². The maximum Gasteiger partial charge on any atom is 0.300 e. The Morgan fingerprint density at radius 2 is 1.79 bits per heavy atom. The number of ketones is 1. The average Bonchev–Trinajstić information content (AvgIpc) is 3.10. The number of ether oxygens (including phenoxy) is 1. The van der Waals surface area contributed by atoms with Crippen LogP contribution in [0.15, 0.2) is 66.2 Å². The van der Waals surface area contributed by atoms with Gasteiger partial charge in [-0.05, 0) is 73.7 Å². The normalized spacial score (nSPS) is 19.1. The van der Waals surface area contributed by atoms with Gasteiger partial charge in [0.1, 0.15) is 17.3 Å². The molecule has 3 aromatic carbocycles. The maximum atomic E-state index is 13.3. The van der Waals surface area contributed by atoms with Gasteiger partial charge < -0.3 is 14.9 Å². The number of anilines is 1. The van der Waals surface area contributed by atoms with Crippen molar-refractivity contribution in [2.75, 3.05) is 11.5 Å². The zero-order valence-corrected chi connectivity index (χ0v) is 19.0. The average molecular weight is 456 g/mol. The minimum atomic E-state index is -0.889. The maximum absolute atomic E-state index is 13.3. The Labute approximate surface area is 197 Å². The van der Waals surface area contributed by atoms with E-state index in [0.29, 0.717) is 17.7 Å². The Balaban J connectivity index is 1.73. The number of fused-ring (bicyclic) bond motifs is 1. The number of amides is 1. The first-order valence-corrected chi connectivity index (χ1v) is 11.3. The number of carbonyl (C=O) groups is 2. The third-order valence-electron chi connectivity index (χ3n) is 6.37. The summed E-state index contributed by atoms with van der Waals surface area (Å²) in [5.41, 5.74) is 4.07. The molecule has 6 nitrogen and oxygen atoms in total. The number of phenols is 1. The third kappa shape index (κ3) is 3.61. The summed E-state index contributed by atoms with van der Waals surface area (Å²) in [5, 5.41) is 22.0. The molecule has 2 aliphatic heterocycles. The molecule has 0 bridgehead atoms. The summed E-state index contributed by atoms with van der Waals surface area (Å²) >= 11 is 0. The van der Waals surface area contributed by atoms with Gasteiger partial charge in [-0.1, -0.05) is 35.9 Å². The SMILES string of the molecule is Cc1cccc(C2/C(=C(/O)c3ccc4c(c3)CCCO4)C(=O)C(=O)N2c2cc(C)ccc2O)c1. The van der Waals surface area contributed by atoms with Crippen molar-refractivity contribution in [3.05, 3.63) is 94.1 Å². The van der Waals surface area contributed by atoms with Crippen molar-refractivity contribution in [1.29, 1.82) is 0 Å². The second-order valence-electron chi connectivity index (χ2n) is 8.85. The Kier molecular flexibility index (Phi) is 5.36. The van der Waals surface area contributed by atoms with Gasteiger partial charge in [-0.3, -0.25) is 14.5 Å². The molecule has 6 heteroatoms. The number of Topliss-reactive ketones (excluding diaryl/α,β-unsaturated/α-hetero) is 1. The summed E-state index contributed by atoms with van der Waals surface area (Å²) < 4.78 is 5.67. The van der Waals surface area contributed by atoms with Crippen LogP contribution in [0.1, 0.15) is 40.3 Å². The predicted molar refractivity (Wildman–Crippen MR) is 129 cm³/mol. The molecule has 3 aromatic rings. The molecule has 0 aromatic heterocycles. The van der Waals surface area contributed by atoms with E-state index in [2.05, 4.69) is 0 Å². The van der Waals surface area contributed by atoms with E-state index in [4.69, 9.17) is 4.74 Å². The molecule has 2 heterocycles. The summed E-state index contributed by atoms with van der Waals surface area (Å²) in [7, 11) is 0. The monoisotopic (exact) mass is 455 g/mol. The predicted octanol–water partition coefficient (Wildman–Crippen LogP) is 4.96. The van der Waals surface area contributed by atoms with E-state index in [0.717, 1.165) is 35.3 Å². The first-order chi connectivity index (χ1) is 16.3. The van der Waals surface area contributed by atoms with E-state index in [-0.39, 0.29) is 22.8 Å². The summed E-state index contributed by atoms with van der Waals surface area (Å²) in [6.07, 6.45) is 1.68. The van der Waals surface area contributed by atoms with Crippen LogP contribution in [0.25, 0.3) is 5.76 Å². The number of aromatic hydroxyl groups is 1. The van der Waals surface area contributed by atoms with Crippen molar-refractivity contribution in [1.82, 2.24) is 0 Å². The lowest BCUT2D eigenvalue weighted by Gasteiger charge is -2.26. The molecule has 2 N–H and O–H groups in total. The Hall–Kier alpha value is -4.06. The highest BCUT2D eigenvalue weighted by Gasteiger charge is 2.47. The molecule has 5 rings (SSSR count). The number of aliphatic hydroxyl groups is 1. The van der Waals surface area contributed by atoms with Crippen LogP contribution in [0.3, 0.4) is 0 Å². The zero-order chi connectivity index (χ0) is 24.0. The highest BCUT2D eigenvalue weighted by atomic mass is 16.5. The first kappa shape index (κ1) is 21.8. The number of benzene rings is 3. The molecule has 172 valence electrons. The van der Waals surface area contributed by atoms with Gasteiger partial charge in [-0.15, -0.1) is 0 Å². The van der Waals surface area contributed by atoms with Gasteiger partial charge in [0.25, 0.3) is 11.7 Å². The van der Waals surface area contributed by atoms with Crippen LogP contribution in [0.4, 0.5) is 5.69 Å². The second kappa shape index (κ2) is 8.37. The van der Waals surface area contributed by atoms with Crippen molar-refractivity contribution in [3.63, 3.8) is 0 Å². The third-order valence-corrected chi connectivity index (χ3v) is 6.37. The molecule has 34 heavy (non-hydrogen) atoms. The number of phenolic OH excluding ortho intramolecular Hbond substituents is 1. The van der Waals surface area contributed by atoms with E-state index in [1.54, 1.807) is 24.3 Å². The molecule has 2 aliphatic rings. The Morgan fingerprint density at radius 1 is 1.00 bits per heavy atom. The molecule has 0 radical (unpaired) electrons. The van der Waals surface area contributed by atoms with Gasteiger partial charge >= 0.3 is 0 Å². The fourth-order valence-corrected chi connectivity index (χ4v) is 4.73. The fraction of sp³-hybridized carbons (Fsp3) is 0.214. The van der Waals surface area contributed by atoms with Crippen molar-refractivity contribution >= 4 is 23.1 Å². The summed E-state index contributed by atoms with van der Waals surface area (Å²) in [5.74, 6) is -1.18. The molecule has 0 saturated carbocycles. The van der Waals surface area contributed by atoms with Gasteiger partial charge in [0.05, 0.1) is 23.9 Å². The van der Waals surface area contributed by atoms with Gasteiger partial charge in [-0.2, -0.15) is 0 Å². The number of aliphatic hydroxyl groups excluding tert-OH is 1. The molecular weight excluding hydrogens is 430 g/mol. The second-order valence-corrected chi connectivity index (χ2v) is 8.85. The van der Waals surface area contributed by atoms with Gasteiger partial charge in [0.2, 0.25) is 0 Å². The molecule has 0 aliphatic carbocycles. The standard InChI is InChI=1S/C28H25NO5/c1-16-5-3-6-19(13-16)25-24(26(31)20-9-11-23-18(15-20)7-4-12-34-23)27(32)28(33)29(25)21-14-17(2)8-10-22(21)30/h3,5-6,8-11,13-15,25,30-31H,4,7,12H2,1-2H3/b26-24-. The van der Waals surface area contributed by atoms with Crippen LogP contribution in [0, 0.1) is 13.8 Å². The number of nitrogens with zero attached hydrogens (tertiary/aromatic N) is 1. The molecule has 1 saturated heterocycles. The lowest BCUT2D eigenvalue weighted by molar-refractivity contribution is -0.132. The van der Waals surface area contributed by atoms with Gasteiger partial charge in [-0.25, -0.2) is 0 Å². The van der Waals surface area contributed by atoms with Crippen molar-refractivity contribution in [3.8, 4) is 11.5 Å². The fourth-order valence-electron chi connectivity index (χ4n) is 4.73.